The van der Waals surface area contributed by atoms with Crippen molar-refractivity contribution in [1.82, 2.24) is 0 Å². The first-order valence-electron chi connectivity index (χ1n) is 9.46. The minimum Gasteiger partial charge on any atom is -0.288 e. The summed E-state index contributed by atoms with van der Waals surface area (Å²) in [5, 5.41) is 1.75. The van der Waals surface area contributed by atoms with Gasteiger partial charge in [-0.15, -0.1) is 0 Å². The van der Waals surface area contributed by atoms with Crippen LogP contribution in [0.2, 0.25) is 5.02 Å². The molecule has 5 rings (SSSR count). The number of rotatable bonds is 3. The summed E-state index contributed by atoms with van der Waals surface area (Å²) in [6.45, 7) is 0. The topological polar surface area (TPSA) is 54.5 Å². The SMILES string of the molecule is O=C(c1ccccc1Cl)c1cc(Br)ccc1N1C(=O)c2cccc3cccc(c23)C1=O. The van der Waals surface area contributed by atoms with E-state index in [2.05, 4.69) is 15.9 Å². The highest BCUT2D eigenvalue weighted by atomic mass is 79.9. The third-order valence-electron chi connectivity index (χ3n) is 5.33. The van der Waals surface area contributed by atoms with Crippen molar-refractivity contribution < 1.29 is 14.4 Å². The van der Waals surface area contributed by atoms with E-state index in [4.69, 9.17) is 11.6 Å². The first kappa shape index (κ1) is 19.7. The van der Waals surface area contributed by atoms with Gasteiger partial charge in [-0.2, -0.15) is 0 Å². The van der Waals surface area contributed by atoms with Crippen molar-refractivity contribution in [3.05, 3.63) is 111 Å². The molecule has 0 N–H and O–H groups in total. The normalized spacial score (nSPS) is 13.0. The van der Waals surface area contributed by atoms with E-state index in [1.54, 1.807) is 66.7 Å². The Labute approximate surface area is 191 Å². The van der Waals surface area contributed by atoms with Gasteiger partial charge < -0.3 is 0 Å². The zero-order chi connectivity index (χ0) is 21.7. The molecule has 6 heteroatoms. The summed E-state index contributed by atoms with van der Waals surface area (Å²) in [5.74, 6) is -1.31. The molecule has 0 radical (unpaired) electrons. The molecule has 0 saturated heterocycles. The Bertz CT molecular complexity index is 1380. The van der Waals surface area contributed by atoms with Gasteiger partial charge in [0.25, 0.3) is 11.8 Å². The Morgan fingerprint density at radius 3 is 2.06 bits per heavy atom. The van der Waals surface area contributed by atoms with Crippen molar-refractivity contribution in [2.24, 2.45) is 0 Å². The Kier molecular flexibility index (Phi) is 4.73. The van der Waals surface area contributed by atoms with E-state index in [1.165, 1.54) is 0 Å². The number of nitrogens with zero attached hydrogens (tertiary/aromatic N) is 1. The summed E-state index contributed by atoms with van der Waals surface area (Å²) in [5.41, 5.74) is 1.56. The van der Waals surface area contributed by atoms with Gasteiger partial charge in [-0.05, 0) is 47.9 Å². The predicted molar refractivity (Wildman–Crippen MR) is 124 cm³/mol. The highest BCUT2D eigenvalue weighted by Gasteiger charge is 2.36. The van der Waals surface area contributed by atoms with Gasteiger partial charge in [-0.1, -0.05) is 63.9 Å². The van der Waals surface area contributed by atoms with Gasteiger partial charge in [-0.25, -0.2) is 4.90 Å². The van der Waals surface area contributed by atoms with Crippen LogP contribution in [0.1, 0.15) is 36.6 Å². The van der Waals surface area contributed by atoms with Gasteiger partial charge >= 0.3 is 0 Å². The molecule has 0 bridgehead atoms. The molecule has 2 amide bonds. The summed E-state index contributed by atoms with van der Waals surface area (Å²) >= 11 is 9.63. The fourth-order valence-corrected chi connectivity index (χ4v) is 4.51. The van der Waals surface area contributed by atoms with Crippen LogP contribution in [0.3, 0.4) is 0 Å². The Morgan fingerprint density at radius 1 is 0.774 bits per heavy atom. The molecule has 31 heavy (non-hydrogen) atoms. The minimum absolute atomic E-state index is 0.204. The molecule has 0 fully saturated rings. The van der Waals surface area contributed by atoms with Gasteiger partial charge in [0.05, 0.1) is 10.7 Å². The van der Waals surface area contributed by atoms with E-state index in [0.29, 0.717) is 31.6 Å². The third kappa shape index (κ3) is 3.09. The van der Waals surface area contributed by atoms with Crippen molar-refractivity contribution in [3.8, 4) is 0 Å². The summed E-state index contributed by atoms with van der Waals surface area (Å²) in [4.78, 5) is 41.3. The monoisotopic (exact) mass is 489 g/mol. The van der Waals surface area contributed by atoms with E-state index in [-0.39, 0.29) is 17.0 Å². The zero-order valence-corrected chi connectivity index (χ0v) is 18.3. The molecule has 4 nitrogen and oxygen atoms in total. The fourth-order valence-electron chi connectivity index (χ4n) is 3.92. The molecule has 0 aromatic heterocycles. The van der Waals surface area contributed by atoms with Crippen molar-refractivity contribution in [2.45, 2.75) is 0 Å². The quantitative estimate of drug-likeness (QED) is 0.251. The molecule has 1 heterocycles. The van der Waals surface area contributed by atoms with Crippen molar-refractivity contribution in [2.75, 3.05) is 4.90 Å². The van der Waals surface area contributed by atoms with Crippen LogP contribution in [-0.2, 0) is 0 Å². The highest BCUT2D eigenvalue weighted by Crippen LogP contribution is 2.36. The Balaban J connectivity index is 1.72. The Morgan fingerprint density at radius 2 is 1.42 bits per heavy atom. The van der Waals surface area contributed by atoms with E-state index < -0.39 is 11.8 Å². The Hall–Kier alpha value is -3.28. The highest BCUT2D eigenvalue weighted by molar-refractivity contribution is 9.10. The first-order valence-corrected chi connectivity index (χ1v) is 10.6. The van der Waals surface area contributed by atoms with Gasteiger partial charge in [0.15, 0.2) is 5.78 Å². The second-order valence-electron chi connectivity index (χ2n) is 7.13. The van der Waals surface area contributed by atoms with Gasteiger partial charge in [-0.3, -0.25) is 14.4 Å². The van der Waals surface area contributed by atoms with Gasteiger partial charge in [0, 0.05) is 32.1 Å². The number of ketones is 1. The van der Waals surface area contributed by atoms with Gasteiger partial charge in [0.2, 0.25) is 0 Å². The first-order chi connectivity index (χ1) is 15.0. The van der Waals surface area contributed by atoms with Crippen LogP contribution in [0.5, 0.6) is 0 Å². The van der Waals surface area contributed by atoms with E-state index >= 15 is 0 Å². The van der Waals surface area contributed by atoms with Crippen LogP contribution in [0.4, 0.5) is 5.69 Å². The molecule has 4 aromatic rings. The molecule has 0 spiro atoms. The maximum atomic E-state index is 13.4. The molecule has 150 valence electrons. The largest absolute Gasteiger partial charge is 0.288 e. The van der Waals surface area contributed by atoms with Crippen LogP contribution in [0, 0.1) is 0 Å². The van der Waals surface area contributed by atoms with E-state index in [0.717, 1.165) is 10.3 Å². The average molecular weight is 491 g/mol. The number of imide groups is 1. The summed E-state index contributed by atoms with van der Waals surface area (Å²) in [7, 11) is 0. The maximum Gasteiger partial charge on any atom is 0.266 e. The zero-order valence-electron chi connectivity index (χ0n) is 15.9. The lowest BCUT2D eigenvalue weighted by Gasteiger charge is -2.28. The van der Waals surface area contributed by atoms with Gasteiger partial charge in [0.1, 0.15) is 0 Å². The maximum absolute atomic E-state index is 13.4. The van der Waals surface area contributed by atoms with Crippen LogP contribution < -0.4 is 4.90 Å². The number of carbonyl (C=O) groups is 3. The number of carbonyl (C=O) groups excluding carboxylic acids is 3. The molecular formula is C25H13BrClNO3. The minimum atomic E-state index is -0.468. The molecule has 0 atom stereocenters. The van der Waals surface area contributed by atoms with E-state index in [9.17, 15) is 14.4 Å². The number of amides is 2. The average Bonchev–Trinajstić information content (AvgIpc) is 2.78. The molecule has 0 unspecified atom stereocenters. The van der Waals surface area contributed by atoms with Crippen molar-refractivity contribution >= 4 is 61.6 Å². The lowest BCUT2D eigenvalue weighted by Crippen LogP contribution is -2.41. The second-order valence-corrected chi connectivity index (χ2v) is 8.45. The van der Waals surface area contributed by atoms with Crippen LogP contribution >= 0.6 is 27.5 Å². The third-order valence-corrected chi connectivity index (χ3v) is 6.16. The number of benzene rings is 4. The van der Waals surface area contributed by atoms with Crippen LogP contribution in [0.25, 0.3) is 10.8 Å². The molecule has 0 saturated carbocycles. The molecular weight excluding hydrogens is 478 g/mol. The molecule has 1 aliphatic rings. The van der Waals surface area contributed by atoms with Crippen molar-refractivity contribution in [3.63, 3.8) is 0 Å². The standard InChI is InChI=1S/C25H13BrClNO3/c26-15-11-12-21(19(13-15)23(29)16-7-1-2-10-20(16)27)28-24(30)17-8-3-5-14-6-4-9-18(22(14)17)25(28)31/h1-13H. The molecule has 4 aromatic carbocycles. The lowest BCUT2D eigenvalue weighted by molar-refractivity contribution is 0.0893. The molecule has 0 aliphatic carbocycles. The van der Waals surface area contributed by atoms with Crippen LogP contribution in [-0.4, -0.2) is 17.6 Å². The summed E-state index contributed by atoms with van der Waals surface area (Å²) in [6, 6.07) is 22.3. The second kappa shape index (κ2) is 7.45. The molecule has 1 aliphatic heterocycles. The number of halogens is 2. The predicted octanol–water partition coefficient (Wildman–Crippen LogP) is 6.29. The van der Waals surface area contributed by atoms with Crippen molar-refractivity contribution in [1.29, 1.82) is 0 Å². The van der Waals surface area contributed by atoms with Crippen LogP contribution in [0.15, 0.2) is 83.3 Å². The fraction of sp³-hybridized carbons (Fsp3) is 0. The smallest absolute Gasteiger partial charge is 0.266 e. The lowest BCUT2D eigenvalue weighted by atomic mass is 9.92. The number of hydrogen-bond donors (Lipinski definition) is 0. The number of anilines is 1. The number of hydrogen-bond acceptors (Lipinski definition) is 3. The van der Waals surface area contributed by atoms with E-state index in [1.807, 2.05) is 12.1 Å². The summed E-state index contributed by atoms with van der Waals surface area (Å²) in [6.07, 6.45) is 0. The summed E-state index contributed by atoms with van der Waals surface area (Å²) < 4.78 is 0.645.